The van der Waals surface area contributed by atoms with Gasteiger partial charge < -0.3 is 19.1 Å². The molecule has 0 saturated carbocycles. The van der Waals surface area contributed by atoms with Crippen molar-refractivity contribution in [3.8, 4) is 17.2 Å². The Morgan fingerprint density at radius 3 is 2.06 bits per heavy atom. The quantitative estimate of drug-likeness (QED) is 0.381. The summed E-state index contributed by atoms with van der Waals surface area (Å²) in [7, 11) is 2.07. The number of benzene rings is 3. The minimum Gasteiger partial charge on any atom is -0.495 e. The molecular formula is C26H29ClN2O6S. The summed E-state index contributed by atoms with van der Waals surface area (Å²) in [5.74, 6) is 1.09. The van der Waals surface area contributed by atoms with Crippen LogP contribution in [-0.4, -0.2) is 54.1 Å². The fraction of sp³-hybridized carbons (Fsp3) is 0.269. The summed E-state index contributed by atoms with van der Waals surface area (Å²) >= 11 is 6.29. The van der Waals surface area contributed by atoms with Gasteiger partial charge in [-0.15, -0.1) is 0 Å². The number of aryl methyl sites for hydroxylation is 1. The van der Waals surface area contributed by atoms with Crippen LogP contribution in [0.25, 0.3) is 0 Å². The van der Waals surface area contributed by atoms with Crippen LogP contribution in [0.3, 0.4) is 0 Å². The molecule has 0 heterocycles. The number of methoxy groups -OCH3 is 3. The number of carbonyl (C=O) groups excluding carboxylic acids is 1. The molecule has 0 spiro atoms. The van der Waals surface area contributed by atoms with Crippen molar-refractivity contribution in [2.75, 3.05) is 39.2 Å². The van der Waals surface area contributed by atoms with Crippen molar-refractivity contribution in [2.24, 2.45) is 0 Å². The zero-order valence-corrected chi connectivity index (χ0v) is 22.4. The number of hydrogen-bond donors (Lipinski definition) is 0. The second-order valence-corrected chi connectivity index (χ2v) is 10.4. The maximum Gasteiger partial charge on any atom is 0.264 e. The molecule has 192 valence electrons. The zero-order valence-electron chi connectivity index (χ0n) is 20.8. The normalized spacial score (nSPS) is 11.1. The monoisotopic (exact) mass is 532 g/mol. The molecule has 0 N–H and O–H groups in total. The highest BCUT2D eigenvalue weighted by atomic mass is 35.5. The average Bonchev–Trinajstić information content (AvgIpc) is 2.87. The highest BCUT2D eigenvalue weighted by molar-refractivity contribution is 7.92. The molecule has 0 saturated heterocycles. The van der Waals surface area contributed by atoms with Crippen LogP contribution in [0.5, 0.6) is 17.2 Å². The van der Waals surface area contributed by atoms with Crippen LogP contribution >= 0.6 is 11.6 Å². The number of nitrogens with zero attached hydrogens (tertiary/aromatic N) is 2. The Morgan fingerprint density at radius 1 is 0.861 bits per heavy atom. The van der Waals surface area contributed by atoms with Crippen molar-refractivity contribution in [2.45, 2.75) is 18.4 Å². The molecule has 36 heavy (non-hydrogen) atoms. The van der Waals surface area contributed by atoms with Gasteiger partial charge in [0.2, 0.25) is 5.91 Å². The third-order valence-electron chi connectivity index (χ3n) is 5.60. The van der Waals surface area contributed by atoms with E-state index in [-0.39, 0.29) is 22.2 Å². The Bertz CT molecular complexity index is 1330. The number of hydrogen-bond acceptors (Lipinski definition) is 6. The van der Waals surface area contributed by atoms with Crippen LogP contribution in [0, 0.1) is 6.92 Å². The van der Waals surface area contributed by atoms with Crippen molar-refractivity contribution in [3.05, 3.63) is 76.8 Å². The third kappa shape index (κ3) is 6.03. The van der Waals surface area contributed by atoms with E-state index in [0.717, 1.165) is 15.4 Å². The van der Waals surface area contributed by atoms with E-state index in [1.807, 2.05) is 13.0 Å². The maximum atomic E-state index is 13.6. The van der Waals surface area contributed by atoms with Gasteiger partial charge >= 0.3 is 0 Å². The predicted octanol–water partition coefficient (Wildman–Crippen LogP) is 4.53. The van der Waals surface area contributed by atoms with Gasteiger partial charge in [-0.1, -0.05) is 35.4 Å². The topological polar surface area (TPSA) is 85.4 Å². The van der Waals surface area contributed by atoms with E-state index in [0.29, 0.717) is 17.2 Å². The Hall–Kier alpha value is -3.43. The molecule has 10 heteroatoms. The van der Waals surface area contributed by atoms with Gasteiger partial charge in [-0.25, -0.2) is 8.42 Å². The third-order valence-corrected chi connectivity index (χ3v) is 7.69. The van der Waals surface area contributed by atoms with Gasteiger partial charge in [0.25, 0.3) is 10.0 Å². The number of amides is 1. The summed E-state index contributed by atoms with van der Waals surface area (Å²) < 4.78 is 44.1. The first kappa shape index (κ1) is 27.2. The van der Waals surface area contributed by atoms with Crippen LogP contribution in [0.2, 0.25) is 5.02 Å². The minimum atomic E-state index is -4.08. The lowest BCUT2D eigenvalue weighted by Gasteiger charge is -2.27. The second-order valence-electron chi connectivity index (χ2n) is 8.08. The second kappa shape index (κ2) is 11.5. The molecule has 3 rings (SSSR count). The van der Waals surface area contributed by atoms with E-state index in [4.69, 9.17) is 25.8 Å². The van der Waals surface area contributed by atoms with E-state index in [2.05, 4.69) is 0 Å². The van der Waals surface area contributed by atoms with Crippen molar-refractivity contribution >= 4 is 33.2 Å². The summed E-state index contributed by atoms with van der Waals surface area (Å²) in [5.41, 5.74) is 1.96. The highest BCUT2D eigenvalue weighted by Crippen LogP contribution is 2.32. The molecule has 0 aliphatic heterocycles. The average molecular weight is 533 g/mol. The number of ether oxygens (including phenoxy) is 3. The van der Waals surface area contributed by atoms with E-state index < -0.39 is 22.5 Å². The highest BCUT2D eigenvalue weighted by Gasteiger charge is 2.29. The number of anilines is 1. The predicted molar refractivity (Wildman–Crippen MR) is 140 cm³/mol. The number of likely N-dealkylation sites (N-methyl/N-ethyl adjacent to an activating group) is 1. The minimum absolute atomic E-state index is 0.0652. The first-order valence-corrected chi connectivity index (χ1v) is 12.8. The van der Waals surface area contributed by atoms with Gasteiger partial charge in [0, 0.05) is 13.6 Å². The number of carbonyl (C=O) groups is 1. The lowest BCUT2D eigenvalue weighted by molar-refractivity contribution is -0.128. The summed E-state index contributed by atoms with van der Waals surface area (Å²) in [4.78, 5) is 14.8. The first-order valence-electron chi connectivity index (χ1n) is 11.0. The zero-order chi connectivity index (χ0) is 26.5. The van der Waals surface area contributed by atoms with Crippen LogP contribution in [-0.2, 0) is 21.4 Å². The first-order chi connectivity index (χ1) is 17.1. The Morgan fingerprint density at radius 2 is 1.47 bits per heavy atom. The largest absolute Gasteiger partial charge is 0.495 e. The van der Waals surface area contributed by atoms with E-state index in [9.17, 15) is 13.2 Å². The maximum absolute atomic E-state index is 13.6. The molecule has 3 aromatic rings. The fourth-order valence-electron chi connectivity index (χ4n) is 3.55. The standard InChI is InChI=1S/C26H29ClN2O6S/c1-18-6-10-21(11-7-18)36(31,32)29(20-9-13-23(33-3)22(27)15-20)17-26(30)28(2)16-19-8-12-24(34-4)25(14-19)35-5/h6-15H,16-17H2,1-5H3. The van der Waals surface area contributed by atoms with Gasteiger partial charge in [-0.05, 0) is 55.0 Å². The molecule has 1 amide bonds. The van der Waals surface area contributed by atoms with Crippen molar-refractivity contribution in [1.29, 1.82) is 0 Å². The van der Waals surface area contributed by atoms with E-state index in [1.165, 1.54) is 37.3 Å². The van der Waals surface area contributed by atoms with Crippen molar-refractivity contribution in [3.63, 3.8) is 0 Å². The molecule has 0 fully saturated rings. The molecule has 0 unspecified atom stereocenters. The molecule has 0 aliphatic rings. The molecule has 0 aliphatic carbocycles. The molecular weight excluding hydrogens is 504 g/mol. The van der Waals surface area contributed by atoms with Gasteiger partial charge in [0.05, 0.1) is 36.9 Å². The van der Waals surface area contributed by atoms with Gasteiger partial charge in [-0.2, -0.15) is 0 Å². The lowest BCUT2D eigenvalue weighted by Crippen LogP contribution is -2.41. The Labute approximate surface area is 217 Å². The summed E-state index contributed by atoms with van der Waals surface area (Å²) in [6.45, 7) is 1.67. The number of halogens is 1. The molecule has 0 aromatic heterocycles. The van der Waals surface area contributed by atoms with Crippen molar-refractivity contribution < 1.29 is 27.4 Å². The molecule has 0 atom stereocenters. The summed E-state index contributed by atoms with van der Waals surface area (Å²) in [6.07, 6.45) is 0. The van der Waals surface area contributed by atoms with Gasteiger partial charge in [-0.3, -0.25) is 9.10 Å². The van der Waals surface area contributed by atoms with E-state index >= 15 is 0 Å². The molecule has 0 radical (unpaired) electrons. The SMILES string of the molecule is COc1ccc(N(CC(=O)N(C)Cc2ccc(OC)c(OC)c2)S(=O)(=O)c2ccc(C)cc2)cc1Cl. The lowest BCUT2D eigenvalue weighted by atomic mass is 10.2. The van der Waals surface area contributed by atoms with Gasteiger partial charge in [0.1, 0.15) is 12.3 Å². The Balaban J connectivity index is 1.92. The molecule has 0 bridgehead atoms. The van der Waals surface area contributed by atoms with Crippen LogP contribution < -0.4 is 18.5 Å². The fourth-order valence-corrected chi connectivity index (χ4v) is 5.21. The van der Waals surface area contributed by atoms with Crippen LogP contribution in [0.15, 0.2) is 65.6 Å². The summed E-state index contributed by atoms with van der Waals surface area (Å²) in [6, 6.07) is 16.4. The van der Waals surface area contributed by atoms with Crippen molar-refractivity contribution in [1.82, 2.24) is 4.90 Å². The summed E-state index contributed by atoms with van der Waals surface area (Å²) in [5, 5.41) is 0.227. The van der Waals surface area contributed by atoms with E-state index in [1.54, 1.807) is 50.6 Å². The molecule has 3 aromatic carbocycles. The smallest absolute Gasteiger partial charge is 0.264 e. The Kier molecular flexibility index (Phi) is 8.70. The number of rotatable bonds is 10. The number of sulfonamides is 1. The molecule has 8 nitrogen and oxygen atoms in total. The van der Waals surface area contributed by atoms with Crippen LogP contribution in [0.1, 0.15) is 11.1 Å². The van der Waals surface area contributed by atoms with Crippen LogP contribution in [0.4, 0.5) is 5.69 Å². The van der Waals surface area contributed by atoms with Gasteiger partial charge in [0.15, 0.2) is 11.5 Å².